The van der Waals surface area contributed by atoms with E-state index in [2.05, 4.69) is 15.3 Å². The lowest BCUT2D eigenvalue weighted by atomic mass is 10.1. The first-order valence-electron chi connectivity index (χ1n) is 8.79. The molecule has 1 amide bonds. The van der Waals surface area contributed by atoms with Crippen LogP contribution < -0.4 is 0 Å². The summed E-state index contributed by atoms with van der Waals surface area (Å²) in [5, 5.41) is 19.7. The van der Waals surface area contributed by atoms with E-state index in [4.69, 9.17) is 0 Å². The molecule has 2 atom stereocenters. The van der Waals surface area contributed by atoms with Gasteiger partial charge in [0.15, 0.2) is 5.69 Å². The number of pyridine rings is 1. The Morgan fingerprint density at radius 2 is 2.15 bits per heavy atom. The molecule has 8 nitrogen and oxygen atoms in total. The molecular weight excluding hydrogens is 346 g/mol. The van der Waals surface area contributed by atoms with Crippen LogP contribution in [-0.2, 0) is 4.79 Å². The van der Waals surface area contributed by atoms with Gasteiger partial charge in [0.2, 0.25) is 0 Å². The Labute approximate surface area is 154 Å². The first kappa shape index (κ1) is 15.9. The third kappa shape index (κ3) is 2.19. The van der Waals surface area contributed by atoms with Crippen molar-refractivity contribution in [3.05, 3.63) is 48.0 Å². The molecule has 1 N–H and O–H groups in total. The molecule has 27 heavy (non-hydrogen) atoms. The van der Waals surface area contributed by atoms with Gasteiger partial charge in [-0.3, -0.25) is 14.6 Å². The quantitative estimate of drug-likeness (QED) is 0.760. The highest BCUT2D eigenvalue weighted by atomic mass is 16.4. The number of hydrogen-bond donors (Lipinski definition) is 1. The SMILES string of the molecule is Cc1c(C(=O)N2CC3CC3(C(=O)O)C2)nnn1-c1cccc2cnccc12. The Balaban J connectivity index is 1.49. The number of likely N-dealkylation sites (tertiary alicyclic amines) is 1. The molecule has 0 bridgehead atoms. The van der Waals surface area contributed by atoms with Crippen LogP contribution in [0.1, 0.15) is 22.6 Å². The minimum Gasteiger partial charge on any atom is -0.481 e. The van der Waals surface area contributed by atoms with Crippen LogP contribution in [0.4, 0.5) is 0 Å². The standard InChI is InChI=1S/C19H17N5O3/c1-11-16(17(25)23-9-13-7-19(13,10-23)18(26)27)21-22-24(11)15-4-2-3-12-8-20-6-5-14(12)15/h2-6,8,13H,7,9-10H2,1H3,(H,26,27). The van der Waals surface area contributed by atoms with Crippen molar-refractivity contribution >= 4 is 22.6 Å². The summed E-state index contributed by atoms with van der Waals surface area (Å²) in [7, 11) is 0. The smallest absolute Gasteiger partial charge is 0.311 e. The highest BCUT2D eigenvalue weighted by molar-refractivity contribution is 5.95. The maximum Gasteiger partial charge on any atom is 0.311 e. The molecule has 2 aromatic heterocycles. The number of carboxylic acid groups (broad SMARTS) is 1. The summed E-state index contributed by atoms with van der Waals surface area (Å²) < 4.78 is 1.65. The Kier molecular flexibility index (Phi) is 3.16. The minimum atomic E-state index is -0.812. The highest BCUT2D eigenvalue weighted by Gasteiger charge is 2.66. The maximum absolute atomic E-state index is 12.9. The fourth-order valence-corrected chi connectivity index (χ4v) is 4.16. The van der Waals surface area contributed by atoms with E-state index >= 15 is 0 Å². The number of carbonyl (C=O) groups excluding carboxylic acids is 1. The van der Waals surface area contributed by atoms with Gasteiger partial charge in [-0.25, -0.2) is 4.68 Å². The lowest BCUT2D eigenvalue weighted by Gasteiger charge is -2.18. The van der Waals surface area contributed by atoms with Gasteiger partial charge >= 0.3 is 5.97 Å². The molecule has 8 heteroatoms. The summed E-state index contributed by atoms with van der Waals surface area (Å²) in [6.45, 7) is 2.52. The lowest BCUT2D eigenvalue weighted by molar-refractivity contribution is -0.143. The number of hydrogen-bond acceptors (Lipinski definition) is 5. The first-order valence-corrected chi connectivity index (χ1v) is 8.79. The minimum absolute atomic E-state index is 0.0554. The zero-order valence-electron chi connectivity index (χ0n) is 14.7. The predicted octanol–water partition coefficient (Wildman–Crippen LogP) is 1.67. The molecule has 2 unspecified atom stereocenters. The van der Waals surface area contributed by atoms with Gasteiger partial charge in [0.1, 0.15) is 0 Å². The molecule has 1 saturated heterocycles. The van der Waals surface area contributed by atoms with Crippen molar-refractivity contribution in [2.45, 2.75) is 13.3 Å². The molecule has 2 fully saturated rings. The fourth-order valence-electron chi connectivity index (χ4n) is 4.16. The van der Waals surface area contributed by atoms with Crippen LogP contribution in [0.2, 0.25) is 0 Å². The van der Waals surface area contributed by atoms with Crippen LogP contribution in [-0.4, -0.2) is 55.0 Å². The predicted molar refractivity (Wildman–Crippen MR) is 95.5 cm³/mol. The molecule has 3 aromatic rings. The van der Waals surface area contributed by atoms with Gasteiger partial charge < -0.3 is 10.0 Å². The average molecular weight is 363 g/mol. The summed E-state index contributed by atoms with van der Waals surface area (Å²) in [5.74, 6) is -1.01. The number of carbonyl (C=O) groups is 2. The largest absolute Gasteiger partial charge is 0.481 e. The van der Waals surface area contributed by atoms with E-state index in [1.165, 1.54) is 0 Å². The highest BCUT2D eigenvalue weighted by Crippen LogP contribution is 2.58. The summed E-state index contributed by atoms with van der Waals surface area (Å²) >= 11 is 0. The Hall–Kier alpha value is -3.29. The van der Waals surface area contributed by atoms with Crippen molar-refractivity contribution in [3.63, 3.8) is 0 Å². The van der Waals surface area contributed by atoms with E-state index < -0.39 is 11.4 Å². The molecular formula is C19H17N5O3. The van der Waals surface area contributed by atoms with E-state index in [0.717, 1.165) is 16.5 Å². The number of aromatic nitrogens is 4. The molecule has 5 rings (SSSR count). The normalized spacial score (nSPS) is 23.4. The van der Waals surface area contributed by atoms with E-state index in [-0.39, 0.29) is 24.1 Å². The van der Waals surface area contributed by atoms with Crippen LogP contribution in [0.5, 0.6) is 0 Å². The van der Waals surface area contributed by atoms with Crippen molar-refractivity contribution in [1.82, 2.24) is 24.9 Å². The number of aliphatic carboxylic acids is 1. The summed E-state index contributed by atoms with van der Waals surface area (Å²) in [6, 6.07) is 7.69. The maximum atomic E-state index is 12.9. The average Bonchev–Trinajstić information content (AvgIpc) is 3.05. The molecule has 0 radical (unpaired) electrons. The second-order valence-electron chi connectivity index (χ2n) is 7.36. The molecule has 1 saturated carbocycles. The molecule has 3 heterocycles. The van der Waals surface area contributed by atoms with Crippen molar-refractivity contribution in [2.24, 2.45) is 11.3 Å². The van der Waals surface area contributed by atoms with Gasteiger partial charge in [0.25, 0.3) is 5.91 Å². The number of rotatable bonds is 3. The van der Waals surface area contributed by atoms with Crippen LogP contribution in [0, 0.1) is 18.3 Å². The van der Waals surface area contributed by atoms with Crippen LogP contribution in [0.3, 0.4) is 0 Å². The van der Waals surface area contributed by atoms with Gasteiger partial charge in [-0.15, -0.1) is 5.10 Å². The van der Waals surface area contributed by atoms with Crippen molar-refractivity contribution < 1.29 is 14.7 Å². The van der Waals surface area contributed by atoms with Crippen LogP contribution >= 0.6 is 0 Å². The number of piperidine rings is 1. The Morgan fingerprint density at radius 3 is 2.93 bits per heavy atom. The van der Waals surface area contributed by atoms with Crippen molar-refractivity contribution in [3.8, 4) is 5.69 Å². The van der Waals surface area contributed by atoms with Crippen LogP contribution in [0.25, 0.3) is 16.5 Å². The monoisotopic (exact) mass is 363 g/mol. The van der Waals surface area contributed by atoms with E-state index in [1.807, 2.05) is 24.3 Å². The third-order valence-electron chi connectivity index (χ3n) is 5.84. The molecule has 136 valence electrons. The first-order chi connectivity index (χ1) is 13.0. The molecule has 0 spiro atoms. The summed E-state index contributed by atoms with van der Waals surface area (Å²) in [6.07, 6.45) is 4.15. The fraction of sp³-hybridized carbons (Fsp3) is 0.316. The van der Waals surface area contributed by atoms with Gasteiger partial charge in [-0.05, 0) is 31.4 Å². The van der Waals surface area contributed by atoms with Crippen LogP contribution in [0.15, 0.2) is 36.7 Å². The summed E-state index contributed by atoms with van der Waals surface area (Å²) in [4.78, 5) is 30.1. The Morgan fingerprint density at radius 1 is 1.30 bits per heavy atom. The number of fused-ring (bicyclic) bond motifs is 2. The van der Waals surface area contributed by atoms with Gasteiger partial charge in [-0.2, -0.15) is 0 Å². The third-order valence-corrected chi connectivity index (χ3v) is 5.84. The Bertz CT molecular complexity index is 1100. The van der Waals surface area contributed by atoms with E-state index in [9.17, 15) is 14.7 Å². The van der Waals surface area contributed by atoms with Gasteiger partial charge in [0.05, 0.1) is 16.8 Å². The number of amides is 1. The van der Waals surface area contributed by atoms with Gasteiger partial charge in [0, 0.05) is 36.3 Å². The second-order valence-corrected chi connectivity index (χ2v) is 7.36. The van der Waals surface area contributed by atoms with Crippen molar-refractivity contribution in [2.75, 3.05) is 13.1 Å². The molecule has 1 aromatic carbocycles. The number of benzene rings is 1. The van der Waals surface area contributed by atoms with E-state index in [1.54, 1.807) is 28.9 Å². The molecule has 1 aliphatic heterocycles. The number of nitrogens with zero attached hydrogens (tertiary/aromatic N) is 5. The zero-order chi connectivity index (χ0) is 18.8. The number of carboxylic acids is 1. The second kappa shape index (κ2) is 5.35. The topological polar surface area (TPSA) is 101 Å². The zero-order valence-corrected chi connectivity index (χ0v) is 14.7. The summed E-state index contributed by atoms with van der Waals surface area (Å²) in [5.41, 5.74) is 0.977. The molecule has 2 aliphatic rings. The van der Waals surface area contributed by atoms with E-state index in [0.29, 0.717) is 18.7 Å². The van der Waals surface area contributed by atoms with Gasteiger partial charge in [-0.1, -0.05) is 17.3 Å². The van der Waals surface area contributed by atoms with Crippen molar-refractivity contribution in [1.29, 1.82) is 0 Å². The molecule has 1 aliphatic carbocycles. The lowest BCUT2D eigenvalue weighted by Crippen LogP contribution is -2.34.